The molecule has 0 unspecified atom stereocenters. The number of carbonyl (C=O) groups is 2. The molecule has 0 radical (unpaired) electrons. The topological polar surface area (TPSA) is 58.2 Å². The third-order valence-corrected chi connectivity index (χ3v) is 4.90. The van der Waals surface area contributed by atoms with Crippen LogP contribution in [0.1, 0.15) is 36.9 Å². The maximum Gasteiger partial charge on any atom is 0.279 e. The van der Waals surface area contributed by atoms with Gasteiger partial charge in [0.1, 0.15) is 5.82 Å². The van der Waals surface area contributed by atoms with Crippen molar-refractivity contribution < 1.29 is 14.0 Å². The average Bonchev–Trinajstić information content (AvgIpc) is 3.08. The van der Waals surface area contributed by atoms with Crippen molar-refractivity contribution in [3.05, 3.63) is 56.0 Å². The Kier molecular flexibility index (Phi) is 4.13. The molecule has 0 atom stereocenters. The Bertz CT molecular complexity index is 738. The Morgan fingerprint density at radius 2 is 1.91 bits per heavy atom. The summed E-state index contributed by atoms with van der Waals surface area (Å²) in [5, 5.41) is 0.243. The minimum absolute atomic E-state index is 0.221. The fourth-order valence-corrected chi connectivity index (χ4v) is 3.68. The van der Waals surface area contributed by atoms with Crippen LogP contribution in [0.5, 0.6) is 0 Å². The van der Waals surface area contributed by atoms with Gasteiger partial charge < -0.3 is 0 Å². The van der Waals surface area contributed by atoms with Crippen LogP contribution >= 0.6 is 22.9 Å². The molecule has 0 saturated heterocycles. The van der Waals surface area contributed by atoms with Crippen LogP contribution in [-0.2, 0) is 12.8 Å². The molecule has 2 N–H and O–H groups in total. The lowest BCUT2D eigenvalue weighted by Gasteiger charge is -2.07. The summed E-state index contributed by atoms with van der Waals surface area (Å²) >= 11 is 7.15. The van der Waals surface area contributed by atoms with Crippen molar-refractivity contribution in [1.82, 2.24) is 10.9 Å². The highest BCUT2D eigenvalue weighted by atomic mass is 35.5. The van der Waals surface area contributed by atoms with Gasteiger partial charge in [-0.1, -0.05) is 11.6 Å². The highest BCUT2D eigenvalue weighted by molar-refractivity contribution is 7.14. The second kappa shape index (κ2) is 6.06. The molecule has 1 heterocycles. The van der Waals surface area contributed by atoms with E-state index in [1.807, 2.05) is 6.07 Å². The molecular formula is C15H12ClFN2O2S. The Labute approximate surface area is 135 Å². The molecule has 4 nitrogen and oxygen atoms in total. The van der Waals surface area contributed by atoms with Crippen molar-refractivity contribution in [3.8, 4) is 0 Å². The maximum atomic E-state index is 13.5. The zero-order valence-corrected chi connectivity index (χ0v) is 13.0. The summed E-state index contributed by atoms with van der Waals surface area (Å²) < 4.78 is 13.5. The molecule has 7 heteroatoms. The smallest absolute Gasteiger partial charge is 0.267 e. The van der Waals surface area contributed by atoms with E-state index < -0.39 is 17.6 Å². The molecule has 1 aromatic heterocycles. The van der Waals surface area contributed by atoms with E-state index in [0.717, 1.165) is 25.3 Å². The third kappa shape index (κ3) is 2.98. The molecular weight excluding hydrogens is 327 g/mol. The molecule has 1 aliphatic carbocycles. The largest absolute Gasteiger partial charge is 0.279 e. The number of rotatable bonds is 2. The van der Waals surface area contributed by atoms with Crippen LogP contribution in [0.4, 0.5) is 4.39 Å². The van der Waals surface area contributed by atoms with E-state index in [2.05, 4.69) is 10.9 Å². The Morgan fingerprint density at radius 1 is 1.14 bits per heavy atom. The van der Waals surface area contributed by atoms with Crippen LogP contribution in [0.3, 0.4) is 0 Å². The fourth-order valence-electron chi connectivity index (χ4n) is 2.35. The minimum atomic E-state index is -0.752. The number of carbonyl (C=O) groups excluding carboxylic acids is 2. The zero-order chi connectivity index (χ0) is 15.7. The first kappa shape index (κ1) is 15.0. The highest BCUT2D eigenvalue weighted by Gasteiger charge is 2.19. The van der Waals surface area contributed by atoms with Crippen LogP contribution in [0, 0.1) is 5.82 Å². The van der Waals surface area contributed by atoms with Crippen LogP contribution < -0.4 is 10.9 Å². The molecule has 0 aliphatic heterocycles. The maximum absolute atomic E-state index is 13.5. The summed E-state index contributed by atoms with van der Waals surface area (Å²) in [5.41, 5.74) is 5.47. The molecule has 2 amide bonds. The number of fused-ring (bicyclic) bond motifs is 1. The van der Waals surface area contributed by atoms with Crippen LogP contribution in [0.2, 0.25) is 5.02 Å². The predicted molar refractivity (Wildman–Crippen MR) is 82.7 cm³/mol. The lowest BCUT2D eigenvalue weighted by atomic mass is 10.2. The van der Waals surface area contributed by atoms with Crippen molar-refractivity contribution in [2.24, 2.45) is 0 Å². The molecule has 1 aromatic carbocycles. The summed E-state index contributed by atoms with van der Waals surface area (Å²) in [7, 11) is 0. The van der Waals surface area contributed by atoms with Crippen LogP contribution in [0.25, 0.3) is 0 Å². The number of thiophene rings is 1. The number of aryl methyl sites for hydroxylation is 2. The van der Waals surface area contributed by atoms with Crippen LogP contribution in [0.15, 0.2) is 24.3 Å². The SMILES string of the molecule is O=C(NNC(=O)c1cc(Cl)ccc1F)c1cc2c(s1)CCC2. The summed E-state index contributed by atoms with van der Waals surface area (Å²) in [4.78, 5) is 25.6. The first-order valence-corrected chi connectivity index (χ1v) is 7.91. The van der Waals surface area contributed by atoms with Gasteiger partial charge >= 0.3 is 0 Å². The lowest BCUT2D eigenvalue weighted by molar-refractivity contribution is 0.0846. The molecule has 0 saturated carbocycles. The van der Waals surface area contributed by atoms with Crippen molar-refractivity contribution in [2.45, 2.75) is 19.3 Å². The second-order valence-electron chi connectivity index (χ2n) is 4.95. The number of hydrogen-bond donors (Lipinski definition) is 2. The summed E-state index contributed by atoms with van der Waals surface area (Å²) in [6.45, 7) is 0. The van der Waals surface area contributed by atoms with E-state index in [-0.39, 0.29) is 10.6 Å². The fraction of sp³-hybridized carbons (Fsp3) is 0.200. The van der Waals surface area contributed by atoms with Crippen molar-refractivity contribution in [2.75, 3.05) is 0 Å². The zero-order valence-electron chi connectivity index (χ0n) is 11.4. The second-order valence-corrected chi connectivity index (χ2v) is 6.52. The Morgan fingerprint density at radius 3 is 2.68 bits per heavy atom. The molecule has 0 fully saturated rings. The normalized spacial score (nSPS) is 12.8. The van der Waals surface area contributed by atoms with Crippen LogP contribution in [-0.4, -0.2) is 11.8 Å². The van der Waals surface area contributed by atoms with Gasteiger partial charge in [0.2, 0.25) is 0 Å². The van der Waals surface area contributed by atoms with E-state index in [4.69, 9.17) is 11.6 Å². The number of hydrogen-bond acceptors (Lipinski definition) is 3. The first-order chi connectivity index (χ1) is 10.5. The van der Waals surface area contributed by atoms with E-state index >= 15 is 0 Å². The Hall–Kier alpha value is -1.92. The van der Waals surface area contributed by atoms with Crippen molar-refractivity contribution >= 4 is 34.8 Å². The summed E-state index contributed by atoms with van der Waals surface area (Å²) in [5.74, 6) is -1.86. The average molecular weight is 339 g/mol. The number of halogens is 2. The lowest BCUT2D eigenvalue weighted by Crippen LogP contribution is -2.41. The van der Waals surface area contributed by atoms with Gasteiger partial charge in [-0.05, 0) is 49.1 Å². The predicted octanol–water partition coefficient (Wildman–Crippen LogP) is 3.10. The van der Waals surface area contributed by atoms with Gasteiger partial charge in [-0.15, -0.1) is 11.3 Å². The number of nitrogens with one attached hydrogen (secondary N) is 2. The molecule has 2 aromatic rings. The van der Waals surface area contributed by atoms with E-state index in [1.54, 1.807) is 0 Å². The standard InChI is InChI=1S/C15H12ClFN2O2S/c16-9-4-5-11(17)10(7-9)14(20)18-19-15(21)13-6-8-2-1-3-12(8)22-13/h4-7H,1-3H2,(H,18,20)(H,19,21). The summed E-state index contributed by atoms with van der Waals surface area (Å²) in [6, 6.07) is 5.49. The van der Waals surface area contributed by atoms with E-state index in [9.17, 15) is 14.0 Å². The monoisotopic (exact) mass is 338 g/mol. The molecule has 3 rings (SSSR count). The molecule has 22 heavy (non-hydrogen) atoms. The molecule has 1 aliphatic rings. The van der Waals surface area contributed by atoms with Gasteiger partial charge in [-0.2, -0.15) is 0 Å². The Balaban J connectivity index is 1.65. The first-order valence-electron chi connectivity index (χ1n) is 6.72. The van der Waals surface area contributed by atoms with Gasteiger partial charge in [0, 0.05) is 9.90 Å². The van der Waals surface area contributed by atoms with Gasteiger partial charge in [-0.3, -0.25) is 20.4 Å². The molecule has 0 spiro atoms. The molecule has 0 bridgehead atoms. The summed E-state index contributed by atoms with van der Waals surface area (Å²) in [6.07, 6.45) is 3.10. The third-order valence-electron chi connectivity index (χ3n) is 3.43. The van der Waals surface area contributed by atoms with E-state index in [0.29, 0.717) is 4.88 Å². The van der Waals surface area contributed by atoms with Gasteiger partial charge in [0.25, 0.3) is 11.8 Å². The van der Waals surface area contributed by atoms with Crippen molar-refractivity contribution in [3.63, 3.8) is 0 Å². The number of hydrazine groups is 1. The minimum Gasteiger partial charge on any atom is -0.267 e. The van der Waals surface area contributed by atoms with Gasteiger partial charge in [-0.25, -0.2) is 4.39 Å². The van der Waals surface area contributed by atoms with E-state index in [1.165, 1.54) is 33.9 Å². The highest BCUT2D eigenvalue weighted by Crippen LogP contribution is 2.30. The number of amides is 2. The van der Waals surface area contributed by atoms with Gasteiger partial charge in [0.05, 0.1) is 10.4 Å². The van der Waals surface area contributed by atoms with Crippen molar-refractivity contribution in [1.29, 1.82) is 0 Å². The quantitative estimate of drug-likeness (QED) is 0.827. The van der Waals surface area contributed by atoms with Gasteiger partial charge in [0.15, 0.2) is 0 Å². The number of benzene rings is 1. The molecule has 114 valence electrons.